The number of halogens is 1. The van der Waals surface area contributed by atoms with Gasteiger partial charge in [0.05, 0.1) is 12.8 Å². The van der Waals surface area contributed by atoms with Crippen LogP contribution in [0.4, 0.5) is 0 Å². The molecule has 0 radical (unpaired) electrons. The van der Waals surface area contributed by atoms with E-state index in [-0.39, 0.29) is 30.6 Å². The number of rotatable bonds is 8. The van der Waals surface area contributed by atoms with Crippen molar-refractivity contribution >= 4 is 33.9 Å². The Kier molecular flexibility index (Phi) is 6.85. The van der Waals surface area contributed by atoms with E-state index in [1.165, 1.54) is 6.21 Å². The van der Waals surface area contributed by atoms with Crippen LogP contribution in [0.25, 0.3) is 0 Å². The van der Waals surface area contributed by atoms with Gasteiger partial charge in [0.25, 0.3) is 5.88 Å². The van der Waals surface area contributed by atoms with Gasteiger partial charge in [0, 0.05) is 10.0 Å². The Morgan fingerprint density at radius 3 is 2.55 bits per heavy atom. The van der Waals surface area contributed by atoms with Crippen LogP contribution < -0.4 is 4.74 Å². The molecule has 0 saturated heterocycles. The fraction of sp³-hybridized carbons (Fsp3) is 0.150. The van der Waals surface area contributed by atoms with Gasteiger partial charge in [0.2, 0.25) is 5.69 Å². The SMILES string of the molecule is CCOC(=O)c1nnn(N=Cc2ccccc2)c1OCC(=O)c1ccc(Br)cc1. The van der Waals surface area contributed by atoms with E-state index >= 15 is 0 Å². The predicted octanol–water partition coefficient (Wildman–Crippen LogP) is 3.36. The number of carbonyl (C=O) groups is 2. The number of Topliss-reactive ketones (excluding diaryl/α,β-unsaturated/α-hetero) is 1. The molecule has 0 saturated carbocycles. The number of carbonyl (C=O) groups excluding carboxylic acids is 2. The normalized spacial score (nSPS) is 10.8. The summed E-state index contributed by atoms with van der Waals surface area (Å²) in [6.07, 6.45) is 1.53. The van der Waals surface area contributed by atoms with Crippen molar-refractivity contribution in [3.63, 3.8) is 0 Å². The molecule has 0 spiro atoms. The van der Waals surface area contributed by atoms with Crippen molar-refractivity contribution < 1.29 is 19.1 Å². The lowest BCUT2D eigenvalue weighted by molar-refractivity contribution is 0.0512. The molecule has 0 amide bonds. The van der Waals surface area contributed by atoms with E-state index in [0.29, 0.717) is 5.56 Å². The molecule has 9 heteroatoms. The van der Waals surface area contributed by atoms with Gasteiger partial charge in [-0.2, -0.15) is 5.10 Å². The Morgan fingerprint density at radius 2 is 1.86 bits per heavy atom. The van der Waals surface area contributed by atoms with E-state index in [0.717, 1.165) is 14.8 Å². The van der Waals surface area contributed by atoms with Crippen LogP contribution in [0.1, 0.15) is 33.3 Å². The molecule has 0 atom stereocenters. The number of aromatic nitrogens is 3. The summed E-state index contributed by atoms with van der Waals surface area (Å²) in [5, 5.41) is 11.8. The third kappa shape index (κ3) is 5.35. The second-order valence-electron chi connectivity index (χ2n) is 5.73. The molecule has 0 unspecified atom stereocenters. The zero-order valence-electron chi connectivity index (χ0n) is 15.5. The molecule has 148 valence electrons. The summed E-state index contributed by atoms with van der Waals surface area (Å²) >= 11 is 3.32. The van der Waals surface area contributed by atoms with Crippen LogP contribution in [-0.2, 0) is 4.74 Å². The summed E-state index contributed by atoms with van der Waals surface area (Å²) in [7, 11) is 0. The molecule has 0 aliphatic heterocycles. The maximum Gasteiger partial charge on any atom is 0.364 e. The van der Waals surface area contributed by atoms with Crippen LogP contribution in [0.5, 0.6) is 5.88 Å². The maximum atomic E-state index is 12.4. The predicted molar refractivity (Wildman–Crippen MR) is 109 cm³/mol. The van der Waals surface area contributed by atoms with Crippen molar-refractivity contribution in [3.8, 4) is 5.88 Å². The first-order valence-electron chi connectivity index (χ1n) is 8.72. The number of nitrogens with zero attached hydrogens (tertiary/aromatic N) is 4. The highest BCUT2D eigenvalue weighted by molar-refractivity contribution is 9.10. The highest BCUT2D eigenvalue weighted by Crippen LogP contribution is 2.18. The lowest BCUT2D eigenvalue weighted by atomic mass is 10.1. The number of benzene rings is 2. The van der Waals surface area contributed by atoms with E-state index in [2.05, 4.69) is 31.3 Å². The second kappa shape index (κ2) is 9.74. The van der Waals surface area contributed by atoms with Crippen molar-refractivity contribution in [1.82, 2.24) is 15.1 Å². The van der Waals surface area contributed by atoms with Gasteiger partial charge in [-0.15, -0.1) is 5.10 Å². The monoisotopic (exact) mass is 456 g/mol. The average Bonchev–Trinajstić information content (AvgIpc) is 3.15. The molecule has 29 heavy (non-hydrogen) atoms. The molecule has 0 fully saturated rings. The molecule has 8 nitrogen and oxygen atoms in total. The molecule has 1 aromatic heterocycles. The van der Waals surface area contributed by atoms with Gasteiger partial charge in [-0.05, 0) is 29.8 Å². The fourth-order valence-electron chi connectivity index (χ4n) is 2.31. The minimum atomic E-state index is -0.709. The largest absolute Gasteiger partial charge is 0.466 e. The Bertz CT molecular complexity index is 1020. The number of ketones is 1. The minimum Gasteiger partial charge on any atom is -0.466 e. The van der Waals surface area contributed by atoms with Crippen LogP contribution in [0.2, 0.25) is 0 Å². The first-order valence-corrected chi connectivity index (χ1v) is 9.51. The van der Waals surface area contributed by atoms with Crippen LogP contribution in [0.15, 0.2) is 64.2 Å². The quantitative estimate of drug-likeness (QED) is 0.293. The van der Waals surface area contributed by atoms with E-state index in [9.17, 15) is 9.59 Å². The van der Waals surface area contributed by atoms with Crippen LogP contribution in [-0.4, -0.2) is 46.3 Å². The number of esters is 1. The van der Waals surface area contributed by atoms with Gasteiger partial charge in [-0.1, -0.05) is 63.2 Å². The van der Waals surface area contributed by atoms with Gasteiger partial charge in [-0.3, -0.25) is 4.79 Å². The van der Waals surface area contributed by atoms with Gasteiger partial charge >= 0.3 is 5.97 Å². The van der Waals surface area contributed by atoms with E-state index in [4.69, 9.17) is 9.47 Å². The Hall–Kier alpha value is -3.33. The molecular weight excluding hydrogens is 440 g/mol. The highest BCUT2D eigenvalue weighted by atomic mass is 79.9. The third-order valence-electron chi connectivity index (χ3n) is 3.70. The topological polar surface area (TPSA) is 95.7 Å². The van der Waals surface area contributed by atoms with Crippen LogP contribution in [0, 0.1) is 0 Å². The van der Waals surface area contributed by atoms with Crippen molar-refractivity contribution in [2.24, 2.45) is 5.10 Å². The van der Waals surface area contributed by atoms with Crippen LogP contribution in [0.3, 0.4) is 0 Å². The van der Waals surface area contributed by atoms with Crippen molar-refractivity contribution in [3.05, 3.63) is 75.9 Å². The van der Waals surface area contributed by atoms with Crippen molar-refractivity contribution in [2.75, 3.05) is 13.2 Å². The fourth-order valence-corrected chi connectivity index (χ4v) is 2.57. The van der Waals surface area contributed by atoms with Gasteiger partial charge in [-0.25, -0.2) is 4.79 Å². The molecule has 3 aromatic rings. The lowest BCUT2D eigenvalue weighted by Crippen LogP contribution is -2.15. The summed E-state index contributed by atoms with van der Waals surface area (Å²) in [5.41, 5.74) is 1.14. The summed E-state index contributed by atoms with van der Waals surface area (Å²) in [6.45, 7) is 1.52. The molecule has 0 N–H and O–H groups in total. The zero-order chi connectivity index (χ0) is 20.6. The lowest BCUT2D eigenvalue weighted by Gasteiger charge is -2.07. The molecule has 0 aliphatic rings. The zero-order valence-corrected chi connectivity index (χ0v) is 17.1. The second-order valence-corrected chi connectivity index (χ2v) is 6.64. The summed E-state index contributed by atoms with van der Waals surface area (Å²) in [5.74, 6) is -1.05. The van der Waals surface area contributed by atoms with Gasteiger partial charge in [0.1, 0.15) is 0 Å². The maximum absolute atomic E-state index is 12.4. The van der Waals surface area contributed by atoms with E-state index < -0.39 is 5.97 Å². The first-order chi connectivity index (χ1) is 14.1. The van der Waals surface area contributed by atoms with Crippen molar-refractivity contribution in [1.29, 1.82) is 0 Å². The average molecular weight is 457 g/mol. The summed E-state index contributed by atoms with van der Waals surface area (Å²) < 4.78 is 11.4. The Morgan fingerprint density at radius 1 is 1.14 bits per heavy atom. The first kappa shape index (κ1) is 20.4. The van der Waals surface area contributed by atoms with E-state index in [1.807, 2.05) is 30.3 Å². The van der Waals surface area contributed by atoms with Crippen molar-refractivity contribution in [2.45, 2.75) is 6.92 Å². The summed E-state index contributed by atoms with van der Waals surface area (Å²) in [6, 6.07) is 16.2. The van der Waals surface area contributed by atoms with Gasteiger partial charge < -0.3 is 9.47 Å². The number of hydrogen-bond donors (Lipinski definition) is 0. The Balaban J connectivity index is 1.82. The van der Waals surface area contributed by atoms with Gasteiger partial charge in [0.15, 0.2) is 12.4 Å². The smallest absolute Gasteiger partial charge is 0.364 e. The molecule has 0 aliphatic carbocycles. The number of hydrogen-bond acceptors (Lipinski definition) is 7. The Labute approximate surface area is 175 Å². The van der Waals surface area contributed by atoms with Crippen LogP contribution >= 0.6 is 15.9 Å². The standard InChI is InChI=1S/C20H17BrN4O4/c1-2-28-20(27)18-19(29-13-17(26)15-8-10-16(21)11-9-15)25(24-23-18)22-12-14-6-4-3-5-7-14/h3-12H,2,13H2,1H3. The third-order valence-corrected chi connectivity index (χ3v) is 4.23. The molecule has 2 aromatic carbocycles. The number of ether oxygens (including phenoxy) is 2. The summed E-state index contributed by atoms with van der Waals surface area (Å²) in [4.78, 5) is 25.6. The minimum absolute atomic E-state index is 0.0684. The molecular formula is C20H17BrN4O4. The van der Waals surface area contributed by atoms with E-state index in [1.54, 1.807) is 31.2 Å². The molecule has 1 heterocycles. The molecule has 0 bridgehead atoms. The molecule has 3 rings (SSSR count). The highest BCUT2D eigenvalue weighted by Gasteiger charge is 2.23.